The van der Waals surface area contributed by atoms with Crippen molar-refractivity contribution in [2.45, 2.75) is 18.4 Å². The van der Waals surface area contributed by atoms with Gasteiger partial charge in [-0.3, -0.25) is 4.79 Å². The summed E-state index contributed by atoms with van der Waals surface area (Å²) in [6, 6.07) is 0. The van der Waals surface area contributed by atoms with E-state index in [4.69, 9.17) is 11.5 Å². The maximum absolute atomic E-state index is 11.2. The van der Waals surface area contributed by atoms with Crippen LogP contribution >= 0.6 is 11.8 Å². The second-order valence-electron chi connectivity index (χ2n) is 3.12. The molecule has 1 unspecified atom stereocenters. The van der Waals surface area contributed by atoms with E-state index in [0.29, 0.717) is 12.2 Å². The minimum absolute atomic E-state index is 0.0697. The lowest BCUT2D eigenvalue weighted by molar-refractivity contribution is -0.146. The first-order valence-electron chi connectivity index (χ1n) is 4.16. The second-order valence-corrected chi connectivity index (χ2v) is 4.22. The van der Waals surface area contributed by atoms with E-state index < -0.39 is 17.4 Å². The van der Waals surface area contributed by atoms with Gasteiger partial charge in [0.15, 0.2) is 0 Å². The molecule has 0 saturated carbocycles. The third-order valence-electron chi connectivity index (χ3n) is 2.07. The summed E-state index contributed by atoms with van der Waals surface area (Å²) in [5.41, 5.74) is -1.10. The Bertz CT molecular complexity index is 289. The zero-order chi connectivity index (χ0) is 10.6. The van der Waals surface area contributed by atoms with Crippen LogP contribution in [0.2, 0.25) is 0 Å². The van der Waals surface area contributed by atoms with Gasteiger partial charge in [0.05, 0.1) is 6.42 Å². The number of hydrogen-bond acceptors (Lipinski definition) is 3. The maximum atomic E-state index is 11.2. The van der Waals surface area contributed by atoms with Gasteiger partial charge in [-0.25, -0.2) is 4.79 Å². The Morgan fingerprint density at radius 3 is 2.79 bits per heavy atom. The highest BCUT2D eigenvalue weighted by atomic mass is 32.2. The van der Waals surface area contributed by atoms with Crippen LogP contribution < -0.4 is 5.32 Å². The Morgan fingerprint density at radius 2 is 2.36 bits per heavy atom. The normalized spacial score (nSPS) is 25.4. The smallest absolute Gasteiger partial charge is 0.330 e. The van der Waals surface area contributed by atoms with E-state index in [1.54, 1.807) is 0 Å². The van der Waals surface area contributed by atoms with Crippen LogP contribution in [0.4, 0.5) is 0 Å². The summed E-state index contributed by atoms with van der Waals surface area (Å²) in [5, 5.41) is 11.5. The molecular formula is C9H11NO3S. The van der Waals surface area contributed by atoms with E-state index in [0.717, 1.165) is 5.75 Å². The predicted octanol–water partition coefficient (Wildman–Crippen LogP) is 0.0862. The third kappa shape index (κ3) is 2.20. The fourth-order valence-corrected chi connectivity index (χ4v) is 2.62. The Kier molecular flexibility index (Phi) is 3.42. The molecule has 0 aromatic rings. The first kappa shape index (κ1) is 10.9. The van der Waals surface area contributed by atoms with Crippen LogP contribution in [0.25, 0.3) is 0 Å². The van der Waals surface area contributed by atoms with Gasteiger partial charge in [0.2, 0.25) is 5.91 Å². The molecule has 1 aliphatic rings. The van der Waals surface area contributed by atoms with Crippen LogP contribution in [0, 0.1) is 12.3 Å². The van der Waals surface area contributed by atoms with Crippen molar-refractivity contribution in [2.24, 2.45) is 0 Å². The van der Waals surface area contributed by atoms with Crippen molar-refractivity contribution in [1.82, 2.24) is 5.32 Å². The summed E-state index contributed by atoms with van der Waals surface area (Å²) < 4.78 is 0. The number of carboxylic acids is 1. The number of carboxylic acid groups (broad SMARTS) is 1. The Hall–Kier alpha value is -1.15. The molecule has 0 aromatic carbocycles. The Morgan fingerprint density at radius 1 is 1.64 bits per heavy atom. The molecule has 1 heterocycles. The highest BCUT2D eigenvalue weighted by molar-refractivity contribution is 7.99. The van der Waals surface area contributed by atoms with Gasteiger partial charge in [-0.1, -0.05) is 5.92 Å². The van der Waals surface area contributed by atoms with E-state index in [-0.39, 0.29) is 6.42 Å². The SMILES string of the molecule is C#CCC(=O)NC1(C(=O)O)CCSC1. The summed E-state index contributed by atoms with van der Waals surface area (Å²) in [7, 11) is 0. The quantitative estimate of drug-likeness (QED) is 0.652. The van der Waals surface area contributed by atoms with Gasteiger partial charge < -0.3 is 10.4 Å². The number of aliphatic carboxylic acids is 1. The Balaban J connectivity index is 2.66. The molecule has 0 spiro atoms. The molecule has 1 saturated heterocycles. The maximum Gasteiger partial charge on any atom is 0.330 e. The molecule has 76 valence electrons. The first-order valence-corrected chi connectivity index (χ1v) is 5.32. The lowest BCUT2D eigenvalue weighted by Gasteiger charge is -2.23. The summed E-state index contributed by atoms with van der Waals surface area (Å²) in [6.07, 6.45) is 5.35. The van der Waals surface area contributed by atoms with Crippen molar-refractivity contribution in [3.8, 4) is 12.3 Å². The number of amides is 1. The van der Waals surface area contributed by atoms with E-state index >= 15 is 0 Å². The molecule has 1 aliphatic heterocycles. The molecule has 4 nitrogen and oxygen atoms in total. The van der Waals surface area contributed by atoms with Crippen molar-refractivity contribution in [2.75, 3.05) is 11.5 Å². The summed E-state index contributed by atoms with van der Waals surface area (Å²) in [6.45, 7) is 0. The third-order valence-corrected chi connectivity index (χ3v) is 3.26. The fourth-order valence-electron chi connectivity index (χ4n) is 1.29. The molecule has 0 bridgehead atoms. The molecule has 0 aromatic heterocycles. The van der Waals surface area contributed by atoms with E-state index in [2.05, 4.69) is 11.2 Å². The molecule has 5 heteroatoms. The molecule has 14 heavy (non-hydrogen) atoms. The monoisotopic (exact) mass is 213 g/mol. The van der Waals surface area contributed by atoms with Gasteiger partial charge in [-0.05, 0) is 12.2 Å². The minimum atomic E-state index is -1.10. The molecule has 1 atom stereocenters. The Labute approximate surface area is 86.4 Å². The molecule has 1 rings (SSSR count). The highest BCUT2D eigenvalue weighted by Gasteiger charge is 2.42. The molecular weight excluding hydrogens is 202 g/mol. The standard InChI is InChI=1S/C9H11NO3S/c1-2-3-7(11)10-9(8(12)13)4-5-14-6-9/h1H,3-6H2,(H,10,11)(H,12,13). The van der Waals surface area contributed by atoms with Crippen molar-refractivity contribution in [1.29, 1.82) is 0 Å². The number of thioether (sulfide) groups is 1. The second kappa shape index (κ2) is 4.38. The average Bonchev–Trinajstić information content (AvgIpc) is 2.54. The van der Waals surface area contributed by atoms with E-state index in [1.165, 1.54) is 11.8 Å². The summed E-state index contributed by atoms with van der Waals surface area (Å²) in [4.78, 5) is 22.2. The van der Waals surface area contributed by atoms with Crippen molar-refractivity contribution in [3.63, 3.8) is 0 Å². The van der Waals surface area contributed by atoms with Gasteiger partial charge in [0, 0.05) is 5.75 Å². The fraction of sp³-hybridized carbons (Fsp3) is 0.556. The molecule has 1 amide bonds. The molecule has 2 N–H and O–H groups in total. The summed E-state index contributed by atoms with van der Waals surface area (Å²) in [5.74, 6) is 1.98. The zero-order valence-corrected chi connectivity index (χ0v) is 8.39. The predicted molar refractivity (Wildman–Crippen MR) is 53.9 cm³/mol. The van der Waals surface area contributed by atoms with Crippen LogP contribution in [0.3, 0.4) is 0 Å². The van der Waals surface area contributed by atoms with E-state index in [1.807, 2.05) is 0 Å². The molecule has 0 radical (unpaired) electrons. The van der Waals surface area contributed by atoms with Gasteiger partial charge in [0.1, 0.15) is 5.54 Å². The minimum Gasteiger partial charge on any atom is -0.479 e. The topological polar surface area (TPSA) is 66.4 Å². The van der Waals surface area contributed by atoms with Crippen LogP contribution in [0.5, 0.6) is 0 Å². The number of terminal acetylenes is 1. The van der Waals surface area contributed by atoms with Gasteiger partial charge >= 0.3 is 5.97 Å². The number of nitrogens with one attached hydrogen (secondary N) is 1. The number of carbonyl (C=O) groups excluding carboxylic acids is 1. The van der Waals surface area contributed by atoms with Crippen molar-refractivity contribution < 1.29 is 14.7 Å². The summed E-state index contributed by atoms with van der Waals surface area (Å²) >= 11 is 1.52. The van der Waals surface area contributed by atoms with Crippen LogP contribution in [-0.2, 0) is 9.59 Å². The number of carbonyl (C=O) groups is 2. The lowest BCUT2D eigenvalue weighted by Crippen LogP contribution is -2.54. The van der Waals surface area contributed by atoms with E-state index in [9.17, 15) is 9.59 Å². The lowest BCUT2D eigenvalue weighted by atomic mass is 9.99. The average molecular weight is 213 g/mol. The van der Waals surface area contributed by atoms with Crippen molar-refractivity contribution >= 4 is 23.6 Å². The molecule has 0 aliphatic carbocycles. The van der Waals surface area contributed by atoms with Crippen LogP contribution in [0.1, 0.15) is 12.8 Å². The van der Waals surface area contributed by atoms with Gasteiger partial charge in [-0.2, -0.15) is 11.8 Å². The number of hydrogen-bond donors (Lipinski definition) is 2. The van der Waals surface area contributed by atoms with Crippen molar-refractivity contribution in [3.05, 3.63) is 0 Å². The molecule has 1 fully saturated rings. The zero-order valence-electron chi connectivity index (χ0n) is 7.58. The van der Waals surface area contributed by atoms with Gasteiger partial charge in [0.25, 0.3) is 0 Å². The van der Waals surface area contributed by atoms with Crippen LogP contribution in [-0.4, -0.2) is 34.0 Å². The van der Waals surface area contributed by atoms with Gasteiger partial charge in [-0.15, -0.1) is 6.42 Å². The first-order chi connectivity index (χ1) is 6.60. The largest absolute Gasteiger partial charge is 0.479 e. The number of rotatable bonds is 3. The highest BCUT2D eigenvalue weighted by Crippen LogP contribution is 2.28. The van der Waals surface area contributed by atoms with Crippen LogP contribution in [0.15, 0.2) is 0 Å².